The van der Waals surface area contributed by atoms with Crippen molar-refractivity contribution in [3.63, 3.8) is 0 Å². The van der Waals surface area contributed by atoms with Gasteiger partial charge in [-0.25, -0.2) is 9.59 Å². The van der Waals surface area contributed by atoms with Crippen molar-refractivity contribution in [3.8, 4) is 23.0 Å². The van der Waals surface area contributed by atoms with E-state index in [2.05, 4.69) is 132 Å². The number of benzene rings is 4. The summed E-state index contributed by atoms with van der Waals surface area (Å²) < 4.78 is 50.2. The van der Waals surface area contributed by atoms with Gasteiger partial charge in [0.1, 0.15) is 36.2 Å². The molecular formula is C58H78O10. The van der Waals surface area contributed by atoms with Gasteiger partial charge in [-0.2, -0.15) is 0 Å². The van der Waals surface area contributed by atoms with E-state index < -0.39 is 11.9 Å². The smallest absolute Gasteiger partial charge is 0.344 e. The van der Waals surface area contributed by atoms with Gasteiger partial charge in [0.25, 0.3) is 0 Å². The zero-order chi connectivity index (χ0) is 49.6. The quantitative estimate of drug-likeness (QED) is 0.140. The monoisotopic (exact) mass is 935 g/mol. The van der Waals surface area contributed by atoms with Gasteiger partial charge in [-0.05, 0) is 102 Å². The summed E-state index contributed by atoms with van der Waals surface area (Å²) in [5.74, 6) is 1.88. The Morgan fingerprint density at radius 1 is 0.412 bits per heavy atom. The van der Waals surface area contributed by atoms with Crippen LogP contribution in [0.15, 0.2) is 48.5 Å². The van der Waals surface area contributed by atoms with Crippen molar-refractivity contribution in [3.05, 3.63) is 115 Å². The predicted octanol–water partition coefficient (Wildman–Crippen LogP) is 11.2. The van der Waals surface area contributed by atoms with Crippen LogP contribution in [0.3, 0.4) is 0 Å². The zero-order valence-electron chi connectivity index (χ0n) is 43.6. The summed E-state index contributed by atoms with van der Waals surface area (Å²) in [5, 5.41) is 0. The van der Waals surface area contributed by atoms with Crippen molar-refractivity contribution < 1.29 is 47.5 Å². The Hall–Kier alpha value is -5.06. The van der Waals surface area contributed by atoms with Gasteiger partial charge in [-0.3, -0.25) is 0 Å². The van der Waals surface area contributed by atoms with Gasteiger partial charge in [-0.1, -0.05) is 132 Å². The molecule has 68 heavy (non-hydrogen) atoms. The fourth-order valence-electron chi connectivity index (χ4n) is 8.76. The first-order chi connectivity index (χ1) is 32.0. The van der Waals surface area contributed by atoms with E-state index in [-0.39, 0.29) is 48.1 Å². The first-order valence-electron chi connectivity index (χ1n) is 24.6. The Labute approximate surface area is 406 Å². The largest absolute Gasteiger partial charge is 0.491 e. The number of hydrogen-bond acceptors (Lipinski definition) is 10. The summed E-state index contributed by atoms with van der Waals surface area (Å²) in [6, 6.07) is 18.0. The number of fused-ring (bicyclic) bond motifs is 4. The summed E-state index contributed by atoms with van der Waals surface area (Å²) >= 11 is 0. The van der Waals surface area contributed by atoms with E-state index in [4.69, 9.17) is 37.9 Å². The molecule has 0 radical (unpaired) electrons. The average molecular weight is 935 g/mol. The van der Waals surface area contributed by atoms with Gasteiger partial charge in [0.05, 0.1) is 39.6 Å². The van der Waals surface area contributed by atoms with Gasteiger partial charge in [0.2, 0.25) is 0 Å². The molecule has 0 saturated heterocycles. The van der Waals surface area contributed by atoms with E-state index >= 15 is 0 Å². The fourth-order valence-corrected chi connectivity index (χ4v) is 8.76. The fraction of sp³-hybridized carbons (Fsp3) is 0.552. The van der Waals surface area contributed by atoms with E-state index in [9.17, 15) is 9.59 Å². The van der Waals surface area contributed by atoms with Crippen LogP contribution in [0.2, 0.25) is 0 Å². The highest BCUT2D eigenvalue weighted by atomic mass is 16.6. The molecule has 4 aromatic carbocycles. The first-order valence-corrected chi connectivity index (χ1v) is 24.6. The lowest BCUT2D eigenvalue weighted by molar-refractivity contribution is -0.146. The van der Waals surface area contributed by atoms with Crippen molar-refractivity contribution in [2.24, 2.45) is 0 Å². The molecule has 0 saturated carbocycles. The second-order valence-corrected chi connectivity index (χ2v) is 22.3. The van der Waals surface area contributed by atoms with E-state index in [1.807, 2.05) is 0 Å². The molecule has 0 amide bonds. The molecule has 1 heterocycles. The summed E-state index contributed by atoms with van der Waals surface area (Å²) in [7, 11) is 0. The molecule has 0 N–H and O–H groups in total. The lowest BCUT2D eigenvalue weighted by Crippen LogP contribution is -2.20. The van der Waals surface area contributed by atoms with Gasteiger partial charge in [-0.15, -0.1) is 0 Å². The van der Waals surface area contributed by atoms with Gasteiger partial charge >= 0.3 is 11.9 Å². The van der Waals surface area contributed by atoms with Crippen LogP contribution in [0.4, 0.5) is 0 Å². The lowest BCUT2D eigenvalue weighted by atomic mass is 9.79. The van der Waals surface area contributed by atoms with Crippen LogP contribution < -0.4 is 18.9 Å². The third kappa shape index (κ3) is 13.4. The first kappa shape index (κ1) is 52.3. The Morgan fingerprint density at radius 2 is 0.662 bits per heavy atom. The molecule has 10 bridgehead atoms. The van der Waals surface area contributed by atoms with Crippen molar-refractivity contribution in [1.82, 2.24) is 0 Å². The SMILES string of the molecule is CCOC(=O)COc1c2cc(C(C)(C)C)cc1Cc1cc(C(C)(C)C)cc(c1OCC(=O)OCC)Cc1cc(C(C)(C)C)cc3c1OCCOCCOCCOc1c(cc(C(C)(C)C)cc1C2)C3. The van der Waals surface area contributed by atoms with Crippen LogP contribution in [0.25, 0.3) is 0 Å². The molecule has 1 aliphatic heterocycles. The van der Waals surface area contributed by atoms with Crippen LogP contribution in [-0.2, 0) is 75.9 Å². The third-order valence-corrected chi connectivity index (χ3v) is 12.6. The minimum atomic E-state index is -0.453. The highest BCUT2D eigenvalue weighted by Crippen LogP contribution is 2.44. The summed E-state index contributed by atoms with van der Waals surface area (Å²) in [6.07, 6.45) is 1.75. The summed E-state index contributed by atoms with van der Waals surface area (Å²) in [4.78, 5) is 26.4. The molecular weight excluding hydrogens is 857 g/mol. The number of rotatable bonds is 8. The number of carbonyl (C=O) groups excluding carboxylic acids is 2. The Morgan fingerprint density at radius 3 is 0.941 bits per heavy atom. The molecule has 10 nitrogen and oxygen atoms in total. The van der Waals surface area contributed by atoms with Crippen molar-refractivity contribution in [2.75, 3.05) is 66.1 Å². The van der Waals surface area contributed by atoms with Gasteiger partial charge in [0.15, 0.2) is 13.2 Å². The third-order valence-electron chi connectivity index (χ3n) is 12.6. The highest BCUT2D eigenvalue weighted by molar-refractivity contribution is 5.72. The lowest BCUT2D eigenvalue weighted by Gasteiger charge is -2.29. The highest BCUT2D eigenvalue weighted by Gasteiger charge is 2.30. The van der Waals surface area contributed by atoms with Crippen LogP contribution in [0, 0.1) is 0 Å². The Bertz CT molecular complexity index is 2250. The van der Waals surface area contributed by atoms with E-state index in [1.54, 1.807) is 13.8 Å². The number of carbonyl (C=O) groups is 2. The van der Waals surface area contributed by atoms with E-state index in [0.717, 1.165) is 67.1 Å². The van der Waals surface area contributed by atoms with Gasteiger partial charge in [0, 0.05) is 25.7 Å². The van der Waals surface area contributed by atoms with E-state index in [0.29, 0.717) is 76.8 Å². The average Bonchev–Trinajstić information content (AvgIpc) is 3.23. The zero-order valence-corrected chi connectivity index (χ0v) is 43.6. The molecule has 10 heteroatoms. The standard InChI is InChI=1S/C58H78O10/c1-15-63-49(59)35-67-53-41-24-39-29-45(55(3,4)5)27-37-23-38-28-46(56(6,7)8)30-40(52(38)66-22-20-62-18-17-61-19-21-65-51(37)39)25-42-32-48(58(12,13)14)34-44(54(42)68-36-50(60)64-16-2)26-43(53)33-47(31-41)57(9,10)11/h27-34H,15-26,35-36H2,1-14H3. The van der Waals surface area contributed by atoms with Crippen LogP contribution in [0.1, 0.15) is 164 Å². The minimum absolute atomic E-state index is 0.213. The summed E-state index contributed by atoms with van der Waals surface area (Å²) in [6.45, 7) is 32.5. The molecule has 0 atom stereocenters. The molecule has 0 unspecified atom stereocenters. The number of ether oxygens (including phenoxy) is 8. The number of hydrogen-bond donors (Lipinski definition) is 0. The second kappa shape index (κ2) is 21.7. The van der Waals surface area contributed by atoms with E-state index in [1.165, 1.54) is 11.1 Å². The van der Waals surface area contributed by atoms with Crippen LogP contribution in [0.5, 0.6) is 23.0 Å². The molecule has 4 aromatic rings. The predicted molar refractivity (Wildman–Crippen MR) is 269 cm³/mol. The van der Waals surface area contributed by atoms with Crippen molar-refractivity contribution >= 4 is 11.9 Å². The molecule has 370 valence electrons. The van der Waals surface area contributed by atoms with Crippen molar-refractivity contribution in [1.29, 1.82) is 0 Å². The molecule has 6 rings (SSSR count). The molecule has 0 spiro atoms. The molecule has 1 aliphatic carbocycles. The van der Waals surface area contributed by atoms with Gasteiger partial charge < -0.3 is 37.9 Å². The Kier molecular flexibility index (Phi) is 16.7. The second-order valence-electron chi connectivity index (χ2n) is 22.3. The van der Waals surface area contributed by atoms with Crippen LogP contribution >= 0.6 is 0 Å². The molecule has 0 aromatic heterocycles. The Balaban J connectivity index is 1.79. The molecule has 0 fully saturated rings. The maximum Gasteiger partial charge on any atom is 0.344 e. The minimum Gasteiger partial charge on any atom is -0.491 e. The number of esters is 2. The topological polar surface area (TPSA) is 108 Å². The summed E-state index contributed by atoms with van der Waals surface area (Å²) in [5.41, 5.74) is 11.2. The van der Waals surface area contributed by atoms with Crippen LogP contribution in [-0.4, -0.2) is 78.0 Å². The normalized spacial score (nSPS) is 15.1. The maximum atomic E-state index is 13.2. The van der Waals surface area contributed by atoms with Crippen molar-refractivity contribution in [2.45, 2.75) is 144 Å². The molecule has 2 aliphatic rings. The maximum absolute atomic E-state index is 13.2.